The maximum Gasteiger partial charge on any atom is 0.257 e. The molecule has 6 heteroatoms. The van der Waals surface area contributed by atoms with Crippen LogP contribution in [-0.4, -0.2) is 32.2 Å². The molecule has 0 spiro atoms. The predicted molar refractivity (Wildman–Crippen MR) is 113 cm³/mol. The van der Waals surface area contributed by atoms with E-state index in [9.17, 15) is 4.79 Å². The Balaban J connectivity index is 1.80. The van der Waals surface area contributed by atoms with E-state index in [1.807, 2.05) is 42.5 Å². The lowest BCUT2D eigenvalue weighted by atomic mass is 10.0. The van der Waals surface area contributed by atoms with Crippen molar-refractivity contribution in [3.8, 4) is 17.2 Å². The molecule has 0 radical (unpaired) electrons. The second kappa shape index (κ2) is 7.67. The first kappa shape index (κ1) is 18.6. The minimum Gasteiger partial charge on any atom is -0.493 e. The molecular formula is C23H20N2O4. The number of fused-ring (bicyclic) bond motifs is 3. The average Bonchev–Trinajstić information content (AvgIpc) is 2.77. The van der Waals surface area contributed by atoms with E-state index in [1.54, 1.807) is 18.3 Å². The fourth-order valence-electron chi connectivity index (χ4n) is 3.45. The van der Waals surface area contributed by atoms with Gasteiger partial charge in [-0.25, -0.2) is 0 Å². The molecule has 0 saturated heterocycles. The van der Waals surface area contributed by atoms with Gasteiger partial charge in [0.05, 0.1) is 32.4 Å². The van der Waals surface area contributed by atoms with Crippen molar-refractivity contribution >= 4 is 33.3 Å². The summed E-state index contributed by atoms with van der Waals surface area (Å²) in [5, 5.41) is 5.88. The van der Waals surface area contributed by atoms with Gasteiger partial charge in [-0.1, -0.05) is 30.3 Å². The molecule has 0 fully saturated rings. The number of methoxy groups -OCH3 is 3. The van der Waals surface area contributed by atoms with Crippen molar-refractivity contribution in [2.24, 2.45) is 0 Å². The summed E-state index contributed by atoms with van der Waals surface area (Å²) in [4.78, 5) is 17.6. The van der Waals surface area contributed by atoms with Crippen molar-refractivity contribution in [2.75, 3.05) is 26.6 Å². The fourth-order valence-corrected chi connectivity index (χ4v) is 3.45. The second-order valence-electron chi connectivity index (χ2n) is 6.41. The summed E-state index contributed by atoms with van der Waals surface area (Å²) >= 11 is 0. The molecule has 146 valence electrons. The van der Waals surface area contributed by atoms with Crippen LogP contribution in [0, 0.1) is 0 Å². The number of aromatic nitrogens is 1. The molecule has 29 heavy (non-hydrogen) atoms. The number of nitrogens with one attached hydrogen (secondary N) is 1. The first-order valence-corrected chi connectivity index (χ1v) is 9.04. The maximum atomic E-state index is 13.2. The minimum atomic E-state index is -0.270. The van der Waals surface area contributed by atoms with Gasteiger partial charge >= 0.3 is 0 Å². The highest BCUT2D eigenvalue weighted by Crippen LogP contribution is 2.40. The molecule has 1 heterocycles. The molecule has 0 unspecified atom stereocenters. The highest BCUT2D eigenvalue weighted by atomic mass is 16.5. The van der Waals surface area contributed by atoms with Crippen LogP contribution in [-0.2, 0) is 0 Å². The minimum absolute atomic E-state index is 0.270. The second-order valence-corrected chi connectivity index (χ2v) is 6.41. The SMILES string of the molecule is COc1cc(NC(=O)c2cc3ccccc3c3cccnc23)cc(OC)c1OC. The summed E-state index contributed by atoms with van der Waals surface area (Å²) in [6, 6.07) is 17.0. The van der Waals surface area contributed by atoms with Crippen LogP contribution in [0.15, 0.2) is 60.8 Å². The van der Waals surface area contributed by atoms with Gasteiger partial charge in [0.15, 0.2) is 11.5 Å². The Hall–Kier alpha value is -3.80. The monoisotopic (exact) mass is 388 g/mol. The van der Waals surface area contributed by atoms with Crippen LogP contribution in [0.5, 0.6) is 17.2 Å². The summed E-state index contributed by atoms with van der Waals surface area (Å²) in [6.45, 7) is 0. The third-order valence-corrected chi connectivity index (χ3v) is 4.78. The molecule has 0 aliphatic rings. The number of ether oxygens (including phenoxy) is 3. The van der Waals surface area contributed by atoms with Crippen LogP contribution in [0.4, 0.5) is 5.69 Å². The topological polar surface area (TPSA) is 69.7 Å². The molecule has 0 saturated carbocycles. The van der Waals surface area contributed by atoms with Crippen molar-refractivity contribution in [1.82, 2.24) is 4.98 Å². The number of anilines is 1. The van der Waals surface area contributed by atoms with Gasteiger partial charge in [0.25, 0.3) is 5.91 Å². The van der Waals surface area contributed by atoms with Crippen molar-refractivity contribution in [1.29, 1.82) is 0 Å². The molecule has 0 bridgehead atoms. The van der Waals surface area contributed by atoms with E-state index in [1.165, 1.54) is 21.3 Å². The van der Waals surface area contributed by atoms with Crippen molar-refractivity contribution in [3.63, 3.8) is 0 Å². The van der Waals surface area contributed by atoms with Gasteiger partial charge in [0.2, 0.25) is 5.75 Å². The predicted octanol–water partition coefficient (Wildman–Crippen LogP) is 4.67. The van der Waals surface area contributed by atoms with Crippen LogP contribution < -0.4 is 19.5 Å². The average molecular weight is 388 g/mol. The van der Waals surface area contributed by atoms with E-state index in [-0.39, 0.29) is 5.91 Å². The van der Waals surface area contributed by atoms with Gasteiger partial charge in [-0.3, -0.25) is 9.78 Å². The van der Waals surface area contributed by atoms with Crippen molar-refractivity contribution in [3.05, 3.63) is 66.4 Å². The lowest BCUT2D eigenvalue weighted by molar-refractivity contribution is 0.102. The first-order chi connectivity index (χ1) is 14.2. The van der Waals surface area contributed by atoms with Crippen LogP contribution in [0.2, 0.25) is 0 Å². The van der Waals surface area contributed by atoms with Gasteiger partial charge in [0, 0.05) is 29.4 Å². The number of carbonyl (C=O) groups excluding carboxylic acids is 1. The molecule has 4 rings (SSSR count). The van der Waals surface area contributed by atoms with Gasteiger partial charge in [-0.2, -0.15) is 0 Å². The molecular weight excluding hydrogens is 368 g/mol. The van der Waals surface area contributed by atoms with Gasteiger partial charge in [0.1, 0.15) is 0 Å². The number of hydrogen-bond donors (Lipinski definition) is 1. The first-order valence-electron chi connectivity index (χ1n) is 9.04. The molecule has 0 aliphatic heterocycles. The number of rotatable bonds is 5. The highest BCUT2D eigenvalue weighted by Gasteiger charge is 2.17. The molecule has 1 aromatic heterocycles. The van der Waals surface area contributed by atoms with E-state index in [0.717, 1.165) is 16.2 Å². The van der Waals surface area contributed by atoms with E-state index < -0.39 is 0 Å². The standard InChI is InChI=1S/C23H20N2O4/c1-27-19-12-15(13-20(28-2)22(19)29-3)25-23(26)18-11-14-7-4-5-8-16(14)17-9-6-10-24-21(17)18/h4-13H,1-3H3,(H,25,26). The maximum absolute atomic E-state index is 13.2. The van der Waals surface area contributed by atoms with Crippen LogP contribution >= 0.6 is 0 Å². The number of carbonyl (C=O) groups is 1. The normalized spacial score (nSPS) is 10.7. The summed E-state index contributed by atoms with van der Waals surface area (Å²) in [7, 11) is 4.60. The summed E-state index contributed by atoms with van der Waals surface area (Å²) in [5.41, 5.74) is 1.67. The smallest absolute Gasteiger partial charge is 0.257 e. The van der Waals surface area contributed by atoms with Crippen LogP contribution in [0.25, 0.3) is 21.7 Å². The Morgan fingerprint density at radius 1 is 0.862 bits per heavy atom. The molecule has 0 aliphatic carbocycles. The number of hydrogen-bond acceptors (Lipinski definition) is 5. The van der Waals surface area contributed by atoms with Crippen LogP contribution in [0.3, 0.4) is 0 Å². The zero-order chi connectivity index (χ0) is 20.4. The number of nitrogens with zero attached hydrogens (tertiary/aromatic N) is 1. The Morgan fingerprint density at radius 2 is 1.55 bits per heavy atom. The van der Waals surface area contributed by atoms with E-state index in [0.29, 0.717) is 34.0 Å². The van der Waals surface area contributed by atoms with E-state index >= 15 is 0 Å². The quantitative estimate of drug-likeness (QED) is 0.503. The molecule has 0 atom stereocenters. The lowest BCUT2D eigenvalue weighted by Crippen LogP contribution is -2.13. The van der Waals surface area contributed by atoms with Gasteiger partial charge in [-0.15, -0.1) is 0 Å². The summed E-state index contributed by atoms with van der Waals surface area (Å²) in [6.07, 6.45) is 1.69. The molecule has 3 aromatic carbocycles. The third kappa shape index (κ3) is 3.29. The Kier molecular flexibility index (Phi) is 4.91. The van der Waals surface area contributed by atoms with E-state index in [2.05, 4.69) is 10.3 Å². The van der Waals surface area contributed by atoms with E-state index in [4.69, 9.17) is 14.2 Å². The summed E-state index contributed by atoms with van der Waals surface area (Å²) < 4.78 is 16.1. The number of pyridine rings is 1. The molecule has 6 nitrogen and oxygen atoms in total. The fraction of sp³-hybridized carbons (Fsp3) is 0.130. The Labute approximate surface area is 168 Å². The highest BCUT2D eigenvalue weighted by molar-refractivity contribution is 6.18. The molecule has 4 aromatic rings. The van der Waals surface area contributed by atoms with Crippen molar-refractivity contribution < 1.29 is 19.0 Å². The third-order valence-electron chi connectivity index (χ3n) is 4.78. The van der Waals surface area contributed by atoms with Gasteiger partial charge in [-0.05, 0) is 22.9 Å². The summed E-state index contributed by atoms with van der Waals surface area (Å²) in [5.74, 6) is 1.12. The molecule has 1 N–H and O–H groups in total. The zero-order valence-corrected chi connectivity index (χ0v) is 16.4. The lowest BCUT2D eigenvalue weighted by Gasteiger charge is -2.15. The Bertz CT molecular complexity index is 1200. The number of amides is 1. The van der Waals surface area contributed by atoms with Crippen LogP contribution in [0.1, 0.15) is 10.4 Å². The van der Waals surface area contributed by atoms with Crippen molar-refractivity contribution in [2.45, 2.75) is 0 Å². The molecule has 1 amide bonds. The zero-order valence-electron chi connectivity index (χ0n) is 16.4. The Morgan fingerprint density at radius 3 is 2.24 bits per heavy atom. The van der Waals surface area contributed by atoms with Gasteiger partial charge < -0.3 is 19.5 Å². The number of benzene rings is 3. The largest absolute Gasteiger partial charge is 0.493 e.